The van der Waals surface area contributed by atoms with Gasteiger partial charge in [-0.1, -0.05) is 0 Å². The molecule has 1 aliphatic heterocycles. The van der Waals surface area contributed by atoms with Crippen LogP contribution in [0.5, 0.6) is 0 Å². The summed E-state index contributed by atoms with van der Waals surface area (Å²) < 4.78 is 0. The van der Waals surface area contributed by atoms with Crippen LogP contribution < -0.4 is 5.32 Å². The molecule has 1 saturated heterocycles. The van der Waals surface area contributed by atoms with E-state index in [0.29, 0.717) is 18.4 Å². The third-order valence-corrected chi connectivity index (χ3v) is 4.89. The van der Waals surface area contributed by atoms with Gasteiger partial charge in [-0.15, -0.1) is 0 Å². The van der Waals surface area contributed by atoms with E-state index in [1.165, 1.54) is 0 Å². The van der Waals surface area contributed by atoms with Crippen molar-refractivity contribution in [2.45, 2.75) is 31.0 Å². The molecule has 1 heterocycles. The summed E-state index contributed by atoms with van der Waals surface area (Å²) in [6.07, 6.45) is 1.42. The molecule has 106 valence electrons. The van der Waals surface area contributed by atoms with Crippen molar-refractivity contribution in [1.82, 2.24) is 10.2 Å². The molecule has 3 rings (SSSR count). The van der Waals surface area contributed by atoms with Crippen LogP contribution in [0.25, 0.3) is 0 Å². The molecule has 0 aromatic carbocycles. The van der Waals surface area contributed by atoms with Crippen molar-refractivity contribution in [2.24, 2.45) is 17.8 Å². The molecule has 2 amide bonds. The zero-order valence-electron chi connectivity index (χ0n) is 10.4. The van der Waals surface area contributed by atoms with Crippen LogP contribution in [-0.4, -0.2) is 63.6 Å². The van der Waals surface area contributed by atoms with Crippen molar-refractivity contribution in [3.05, 3.63) is 0 Å². The minimum Gasteiger partial charge on any atom is -0.480 e. The molecule has 4 N–H and O–H groups in total. The number of carbonyl (C=O) groups excluding carboxylic acids is 1. The van der Waals surface area contributed by atoms with Crippen LogP contribution in [0.3, 0.4) is 0 Å². The minimum atomic E-state index is -1.29. The smallest absolute Gasteiger partial charge is 0.328 e. The molecule has 19 heavy (non-hydrogen) atoms. The highest BCUT2D eigenvalue weighted by Crippen LogP contribution is 2.54. The van der Waals surface area contributed by atoms with Gasteiger partial charge in [-0.05, 0) is 30.6 Å². The second-order valence-electron chi connectivity index (χ2n) is 5.81. The van der Waals surface area contributed by atoms with E-state index in [4.69, 9.17) is 10.2 Å². The first-order valence-corrected chi connectivity index (χ1v) is 6.61. The molecule has 0 aromatic heterocycles. The number of carbonyl (C=O) groups is 2. The molecule has 2 saturated carbocycles. The van der Waals surface area contributed by atoms with E-state index in [1.54, 1.807) is 4.90 Å². The van der Waals surface area contributed by atoms with Crippen LogP contribution in [0.2, 0.25) is 0 Å². The van der Waals surface area contributed by atoms with Gasteiger partial charge in [-0.25, -0.2) is 9.59 Å². The number of rotatable bonds is 3. The Hall–Kier alpha value is -1.34. The zero-order chi connectivity index (χ0) is 13.7. The van der Waals surface area contributed by atoms with Gasteiger partial charge in [-0.3, -0.25) is 0 Å². The Bertz CT molecular complexity index is 413. The van der Waals surface area contributed by atoms with Crippen LogP contribution in [0.4, 0.5) is 4.79 Å². The van der Waals surface area contributed by atoms with Crippen molar-refractivity contribution in [1.29, 1.82) is 0 Å². The van der Waals surface area contributed by atoms with E-state index in [9.17, 15) is 14.7 Å². The first-order chi connectivity index (χ1) is 9.02. The molecule has 2 bridgehead atoms. The van der Waals surface area contributed by atoms with E-state index in [-0.39, 0.29) is 12.0 Å². The number of nitrogens with one attached hydrogen (secondary N) is 1. The Morgan fingerprint density at radius 1 is 1.32 bits per heavy atom. The molecule has 0 radical (unpaired) electrons. The van der Waals surface area contributed by atoms with Gasteiger partial charge in [0, 0.05) is 6.54 Å². The first-order valence-electron chi connectivity index (χ1n) is 6.61. The number of carboxylic acids is 1. The fourth-order valence-electron chi connectivity index (χ4n) is 4.07. The molecular formula is C12H18N2O5. The second kappa shape index (κ2) is 4.35. The highest BCUT2D eigenvalue weighted by molar-refractivity contribution is 5.83. The molecule has 6 atom stereocenters. The molecule has 3 aliphatic rings. The van der Waals surface area contributed by atoms with Gasteiger partial charge < -0.3 is 25.5 Å². The number of aliphatic hydroxyl groups excluding tert-OH is 2. The number of aliphatic hydroxyl groups is 2. The maximum absolute atomic E-state index is 12.1. The molecule has 0 aromatic rings. The predicted molar refractivity (Wildman–Crippen MR) is 63.2 cm³/mol. The molecule has 5 unspecified atom stereocenters. The summed E-state index contributed by atoms with van der Waals surface area (Å²) in [5.41, 5.74) is 0. The summed E-state index contributed by atoms with van der Waals surface area (Å²) in [4.78, 5) is 24.5. The Kier molecular flexibility index (Phi) is 2.90. The van der Waals surface area contributed by atoms with Gasteiger partial charge in [0.2, 0.25) is 0 Å². The molecule has 7 heteroatoms. The average molecular weight is 270 g/mol. The van der Waals surface area contributed by atoms with E-state index in [2.05, 4.69) is 5.32 Å². The van der Waals surface area contributed by atoms with E-state index < -0.39 is 30.8 Å². The Balaban J connectivity index is 1.70. The Morgan fingerprint density at radius 3 is 2.63 bits per heavy atom. The van der Waals surface area contributed by atoms with Crippen LogP contribution in [-0.2, 0) is 4.79 Å². The molecule has 0 spiro atoms. The van der Waals surface area contributed by atoms with Gasteiger partial charge in [0.15, 0.2) is 6.04 Å². The number of carboxylic acid groups (broad SMARTS) is 1. The van der Waals surface area contributed by atoms with Crippen molar-refractivity contribution in [3.8, 4) is 0 Å². The molecule has 3 fully saturated rings. The fraction of sp³-hybridized carbons (Fsp3) is 0.833. The number of likely N-dealkylation sites (tertiary alicyclic amines) is 1. The maximum Gasteiger partial charge on any atom is 0.328 e. The van der Waals surface area contributed by atoms with E-state index in [0.717, 1.165) is 12.8 Å². The number of nitrogens with zero attached hydrogens (tertiary/aromatic N) is 1. The highest BCUT2D eigenvalue weighted by Gasteiger charge is 2.60. The normalized spacial score (nSPS) is 40.5. The van der Waals surface area contributed by atoms with Crippen LogP contribution in [0.1, 0.15) is 12.8 Å². The maximum atomic E-state index is 12.1. The lowest BCUT2D eigenvalue weighted by Crippen LogP contribution is -2.53. The highest BCUT2D eigenvalue weighted by atomic mass is 16.4. The zero-order valence-corrected chi connectivity index (χ0v) is 10.4. The number of amides is 2. The van der Waals surface area contributed by atoms with E-state index in [1.807, 2.05) is 0 Å². The lowest BCUT2D eigenvalue weighted by Gasteiger charge is -2.29. The average Bonchev–Trinajstić information content (AvgIpc) is 2.96. The lowest BCUT2D eigenvalue weighted by molar-refractivity contribution is -0.140. The quantitative estimate of drug-likeness (QED) is 0.517. The number of hydrogen-bond donors (Lipinski definition) is 4. The van der Waals surface area contributed by atoms with Crippen molar-refractivity contribution < 1.29 is 24.9 Å². The standard InChI is InChI=1S/C12H18N2O5/c15-4-8(11(17)18)13-12(19)14-3-6-1-5-2-7(6)9(14)10(5)16/h5-10,15-16H,1-4H2,(H,13,19)(H,17,18)/t5?,6?,7?,8-,9?,10?/m0/s1. The summed E-state index contributed by atoms with van der Waals surface area (Å²) in [5.74, 6) is -0.196. The van der Waals surface area contributed by atoms with Gasteiger partial charge >= 0.3 is 12.0 Å². The van der Waals surface area contributed by atoms with Crippen LogP contribution in [0.15, 0.2) is 0 Å². The molecule has 2 aliphatic carbocycles. The molecule has 7 nitrogen and oxygen atoms in total. The van der Waals surface area contributed by atoms with Crippen LogP contribution in [0, 0.1) is 17.8 Å². The number of hydrogen-bond acceptors (Lipinski definition) is 4. The Labute approximate surface area is 110 Å². The van der Waals surface area contributed by atoms with Crippen molar-refractivity contribution >= 4 is 12.0 Å². The third kappa shape index (κ3) is 1.80. The fourth-order valence-corrected chi connectivity index (χ4v) is 4.07. The van der Waals surface area contributed by atoms with Crippen molar-refractivity contribution in [3.63, 3.8) is 0 Å². The van der Waals surface area contributed by atoms with E-state index >= 15 is 0 Å². The Morgan fingerprint density at radius 2 is 2.05 bits per heavy atom. The van der Waals surface area contributed by atoms with Gasteiger partial charge in [0.05, 0.1) is 18.8 Å². The minimum absolute atomic E-state index is 0.183. The lowest BCUT2D eigenvalue weighted by atomic mass is 9.88. The number of fused-ring (bicyclic) bond motifs is 1. The first kappa shape index (κ1) is 12.7. The topological polar surface area (TPSA) is 110 Å². The summed E-state index contributed by atoms with van der Waals surface area (Å²) in [6, 6.07) is -1.97. The summed E-state index contributed by atoms with van der Waals surface area (Å²) in [5, 5.41) is 30.2. The third-order valence-electron chi connectivity index (χ3n) is 4.89. The predicted octanol–water partition coefficient (Wildman–Crippen LogP) is -1.16. The van der Waals surface area contributed by atoms with Gasteiger partial charge in [0.25, 0.3) is 0 Å². The van der Waals surface area contributed by atoms with Gasteiger partial charge in [0.1, 0.15) is 0 Å². The van der Waals surface area contributed by atoms with Gasteiger partial charge in [-0.2, -0.15) is 0 Å². The largest absolute Gasteiger partial charge is 0.480 e. The molecular weight excluding hydrogens is 252 g/mol. The SMILES string of the molecule is O=C(O)[C@H](CO)NC(=O)N1CC2CC3CC2C1C3O. The summed E-state index contributed by atoms with van der Waals surface area (Å²) >= 11 is 0. The second-order valence-corrected chi connectivity index (χ2v) is 5.81. The number of aliphatic carboxylic acids is 1. The van der Waals surface area contributed by atoms with Crippen molar-refractivity contribution in [2.75, 3.05) is 13.2 Å². The van der Waals surface area contributed by atoms with Crippen LogP contribution >= 0.6 is 0 Å². The monoisotopic (exact) mass is 270 g/mol. The summed E-state index contributed by atoms with van der Waals surface area (Å²) in [7, 11) is 0. The summed E-state index contributed by atoms with van der Waals surface area (Å²) in [6.45, 7) is -0.0654. The number of urea groups is 1.